The highest BCUT2D eigenvalue weighted by atomic mass is 19.1. The number of hydrogen-bond donors (Lipinski definition) is 1. The predicted molar refractivity (Wildman–Crippen MR) is 59.4 cm³/mol. The molecule has 1 rings (SSSR count). The lowest BCUT2D eigenvalue weighted by atomic mass is 10.0. The van der Waals surface area contributed by atoms with Crippen LogP contribution in [0.3, 0.4) is 0 Å². The van der Waals surface area contributed by atoms with Crippen molar-refractivity contribution in [3.63, 3.8) is 0 Å². The maximum atomic E-state index is 13.4. The van der Waals surface area contributed by atoms with Gasteiger partial charge in [-0.2, -0.15) is 4.39 Å². The van der Waals surface area contributed by atoms with Crippen molar-refractivity contribution in [3.8, 4) is 0 Å². The zero-order chi connectivity index (χ0) is 13.7. The summed E-state index contributed by atoms with van der Waals surface area (Å²) in [7, 11) is 1.06. The Labute approximate surface area is 102 Å². The van der Waals surface area contributed by atoms with Gasteiger partial charge in [0.1, 0.15) is 11.9 Å². The Kier molecular flexibility index (Phi) is 4.28. The maximum Gasteiger partial charge on any atom is 0.400 e. The first-order chi connectivity index (χ1) is 8.47. The third kappa shape index (κ3) is 2.99. The Morgan fingerprint density at radius 2 is 2.11 bits per heavy atom. The molecule has 0 aromatic heterocycles. The number of amidine groups is 1. The number of halogens is 1. The molecular formula is C11H10FN2O4+. The standard InChI is InChI=1S/C11H10FN2O4/c1-6(13)14-18-10(15)7-4-3-5-8(12)9(7)11(16)17-2/h3-4H,1-2H3,(H2,13,14)/q+1. The van der Waals surface area contributed by atoms with E-state index >= 15 is 0 Å². The number of oxime groups is 1. The number of nitrogens with two attached hydrogens (primary N) is 1. The lowest BCUT2D eigenvalue weighted by Gasteiger charge is -2.02. The van der Waals surface area contributed by atoms with Crippen LogP contribution < -0.4 is 5.73 Å². The van der Waals surface area contributed by atoms with Crippen molar-refractivity contribution in [3.05, 3.63) is 35.2 Å². The molecule has 1 aliphatic rings. The van der Waals surface area contributed by atoms with Crippen LogP contribution >= 0.6 is 0 Å². The first-order valence-corrected chi connectivity index (χ1v) is 4.77. The SMILES string of the molecule is COC(=O)C1=C(C(=O)O/N=C(/C)N)C=C[C+]=C1F. The molecule has 0 saturated heterocycles. The molecule has 1 aliphatic carbocycles. The summed E-state index contributed by atoms with van der Waals surface area (Å²) in [6, 6.07) is 0. The average molecular weight is 253 g/mol. The summed E-state index contributed by atoms with van der Waals surface area (Å²) >= 11 is 0. The molecule has 0 aromatic rings. The van der Waals surface area contributed by atoms with Gasteiger partial charge >= 0.3 is 17.8 Å². The quantitative estimate of drug-likeness (QED) is 0.198. The van der Waals surface area contributed by atoms with E-state index in [0.29, 0.717) is 0 Å². The van der Waals surface area contributed by atoms with Gasteiger partial charge in [0.05, 0.1) is 19.3 Å². The van der Waals surface area contributed by atoms with E-state index in [2.05, 4.69) is 20.8 Å². The number of carbonyl (C=O) groups excluding carboxylic acids is 2. The van der Waals surface area contributed by atoms with Gasteiger partial charge in [0.25, 0.3) is 0 Å². The minimum absolute atomic E-state index is 0.00549. The average Bonchev–Trinajstić information content (AvgIpc) is 2.34. The van der Waals surface area contributed by atoms with Gasteiger partial charge in [-0.05, 0) is 6.92 Å². The molecule has 0 aromatic carbocycles. The molecule has 6 nitrogen and oxygen atoms in total. The second kappa shape index (κ2) is 5.70. The second-order valence-corrected chi connectivity index (χ2v) is 3.18. The lowest BCUT2D eigenvalue weighted by molar-refractivity contribution is -0.140. The molecule has 18 heavy (non-hydrogen) atoms. The first-order valence-electron chi connectivity index (χ1n) is 4.77. The molecule has 0 aliphatic heterocycles. The summed E-state index contributed by atoms with van der Waals surface area (Å²) in [6.07, 6.45) is 4.44. The van der Waals surface area contributed by atoms with Crippen molar-refractivity contribution in [2.75, 3.05) is 7.11 Å². The predicted octanol–water partition coefficient (Wildman–Crippen LogP) is 0.518. The third-order valence-electron chi connectivity index (χ3n) is 1.83. The molecule has 0 fully saturated rings. The molecule has 0 unspecified atom stereocenters. The van der Waals surface area contributed by atoms with Crippen LogP contribution in [0.25, 0.3) is 0 Å². The molecule has 0 amide bonds. The van der Waals surface area contributed by atoms with Gasteiger partial charge in [0.15, 0.2) is 5.57 Å². The second-order valence-electron chi connectivity index (χ2n) is 3.18. The van der Waals surface area contributed by atoms with Gasteiger partial charge in [-0.1, -0.05) is 5.16 Å². The van der Waals surface area contributed by atoms with Crippen molar-refractivity contribution < 1.29 is 23.6 Å². The van der Waals surface area contributed by atoms with Crippen LogP contribution in [0.4, 0.5) is 4.39 Å². The summed E-state index contributed by atoms with van der Waals surface area (Å²) in [5.74, 6) is -3.03. The summed E-state index contributed by atoms with van der Waals surface area (Å²) in [4.78, 5) is 27.3. The van der Waals surface area contributed by atoms with Crippen molar-refractivity contribution >= 4 is 17.8 Å². The van der Waals surface area contributed by atoms with E-state index in [0.717, 1.165) is 13.2 Å². The fourth-order valence-electron chi connectivity index (χ4n) is 1.11. The fourth-order valence-corrected chi connectivity index (χ4v) is 1.11. The molecule has 0 bridgehead atoms. The third-order valence-corrected chi connectivity index (χ3v) is 1.83. The van der Waals surface area contributed by atoms with E-state index < -0.39 is 23.3 Å². The number of hydrogen-bond acceptors (Lipinski definition) is 5. The zero-order valence-electron chi connectivity index (χ0n) is 9.69. The Hall–Kier alpha value is -2.53. The highest BCUT2D eigenvalue weighted by molar-refractivity contribution is 6.05. The van der Waals surface area contributed by atoms with Gasteiger partial charge in [0, 0.05) is 0 Å². The Morgan fingerprint density at radius 3 is 2.67 bits per heavy atom. The van der Waals surface area contributed by atoms with Crippen LogP contribution in [0.2, 0.25) is 0 Å². The molecular weight excluding hydrogens is 243 g/mol. The number of allylic oxidation sites excluding steroid dienone is 2. The molecule has 2 N–H and O–H groups in total. The van der Waals surface area contributed by atoms with Crippen molar-refractivity contribution in [2.24, 2.45) is 10.9 Å². The van der Waals surface area contributed by atoms with Crippen LogP contribution in [0.5, 0.6) is 0 Å². The molecule has 94 valence electrons. The van der Waals surface area contributed by atoms with Crippen LogP contribution in [-0.2, 0) is 19.2 Å². The Bertz CT molecular complexity index is 499. The van der Waals surface area contributed by atoms with Crippen LogP contribution in [0.1, 0.15) is 6.92 Å². The highest BCUT2D eigenvalue weighted by Crippen LogP contribution is 2.23. The maximum absolute atomic E-state index is 13.4. The Morgan fingerprint density at radius 1 is 1.44 bits per heavy atom. The van der Waals surface area contributed by atoms with E-state index in [1.807, 2.05) is 0 Å². The van der Waals surface area contributed by atoms with Crippen molar-refractivity contribution in [1.29, 1.82) is 0 Å². The summed E-state index contributed by atoms with van der Waals surface area (Å²) in [5, 5.41) is 3.22. The van der Waals surface area contributed by atoms with Crippen LogP contribution in [0.15, 0.2) is 34.3 Å². The molecule has 0 spiro atoms. The van der Waals surface area contributed by atoms with Crippen molar-refractivity contribution in [2.45, 2.75) is 6.92 Å². The number of esters is 1. The van der Waals surface area contributed by atoms with E-state index in [9.17, 15) is 14.0 Å². The molecule has 0 atom stereocenters. The lowest BCUT2D eigenvalue weighted by Crippen LogP contribution is -2.16. The number of methoxy groups -OCH3 is 1. The van der Waals surface area contributed by atoms with Crippen LogP contribution in [-0.4, -0.2) is 24.9 Å². The van der Waals surface area contributed by atoms with E-state index in [1.54, 1.807) is 0 Å². The molecule has 0 saturated carbocycles. The topological polar surface area (TPSA) is 91.0 Å². The number of ether oxygens (including phenoxy) is 1. The summed E-state index contributed by atoms with van der Waals surface area (Å²) in [6.45, 7) is 1.40. The first kappa shape index (κ1) is 13.5. The van der Waals surface area contributed by atoms with Gasteiger partial charge in [-0.15, -0.1) is 0 Å². The van der Waals surface area contributed by atoms with Crippen LogP contribution in [0, 0.1) is 6.08 Å². The highest BCUT2D eigenvalue weighted by Gasteiger charge is 2.36. The summed E-state index contributed by atoms with van der Waals surface area (Å²) < 4.78 is 17.8. The normalized spacial score (nSPS) is 14.8. The summed E-state index contributed by atoms with van der Waals surface area (Å²) in [5.41, 5.74) is 4.30. The minimum atomic E-state index is -1.02. The zero-order valence-corrected chi connectivity index (χ0v) is 9.69. The minimum Gasteiger partial charge on any atom is -0.455 e. The van der Waals surface area contributed by atoms with Gasteiger partial charge in [-0.25, -0.2) is 9.59 Å². The van der Waals surface area contributed by atoms with Gasteiger partial charge < -0.3 is 15.3 Å². The fraction of sp³-hybridized carbons (Fsp3) is 0.182. The van der Waals surface area contributed by atoms with E-state index in [1.165, 1.54) is 13.0 Å². The largest absolute Gasteiger partial charge is 0.455 e. The van der Waals surface area contributed by atoms with Gasteiger partial charge in [-0.3, -0.25) is 0 Å². The monoisotopic (exact) mass is 253 g/mol. The van der Waals surface area contributed by atoms with Crippen molar-refractivity contribution in [1.82, 2.24) is 0 Å². The molecule has 0 radical (unpaired) electrons. The smallest absolute Gasteiger partial charge is 0.400 e. The Balaban J connectivity index is 3.12. The molecule has 7 heteroatoms. The van der Waals surface area contributed by atoms with Gasteiger partial charge in [0.2, 0.25) is 5.57 Å². The number of nitrogens with zero attached hydrogens (tertiary/aromatic N) is 1. The van der Waals surface area contributed by atoms with E-state index in [4.69, 9.17) is 5.73 Å². The number of rotatable bonds is 3. The van der Waals surface area contributed by atoms with E-state index in [-0.39, 0.29) is 11.4 Å². The molecule has 0 heterocycles. The number of carbonyl (C=O) groups is 2.